The molecule has 0 aromatic carbocycles. The van der Waals surface area contributed by atoms with Crippen molar-refractivity contribution in [1.82, 2.24) is 0 Å². The Labute approximate surface area is 115 Å². The summed E-state index contributed by atoms with van der Waals surface area (Å²) in [5.41, 5.74) is 2.80. The van der Waals surface area contributed by atoms with Gasteiger partial charge in [0.1, 0.15) is 0 Å². The molecule has 0 saturated carbocycles. The Bertz CT molecular complexity index is 243. The molecule has 0 aliphatic carbocycles. The molecular formula is C16H31OP. The molecule has 0 aromatic heterocycles. The molecule has 1 nitrogen and oxygen atoms in total. The fourth-order valence-electron chi connectivity index (χ4n) is 2.27. The van der Waals surface area contributed by atoms with E-state index in [0.717, 1.165) is 12.8 Å². The number of rotatable bonds is 13. The first kappa shape index (κ1) is 18.0. The molecule has 0 atom stereocenters. The van der Waals surface area contributed by atoms with Crippen molar-refractivity contribution in [2.75, 3.05) is 0 Å². The number of hydrogen-bond donors (Lipinski definition) is 0. The van der Waals surface area contributed by atoms with E-state index >= 15 is 0 Å². The Morgan fingerprint density at radius 1 is 0.667 bits per heavy atom. The predicted molar refractivity (Wildman–Crippen MR) is 81.8 cm³/mol. The normalized spacial score (nSPS) is 10.3. The van der Waals surface area contributed by atoms with Crippen LogP contribution >= 0.6 is 7.92 Å². The summed E-state index contributed by atoms with van der Waals surface area (Å²) in [6, 6.07) is 0. The average Bonchev–Trinajstić information content (AvgIpc) is 2.39. The molecule has 0 amide bonds. The zero-order valence-corrected chi connectivity index (χ0v) is 13.1. The quantitative estimate of drug-likeness (QED) is 0.268. The van der Waals surface area contributed by atoms with Gasteiger partial charge >= 0.3 is 88.7 Å². The van der Waals surface area contributed by atoms with Crippen molar-refractivity contribution >= 4 is 7.92 Å². The molecule has 18 heavy (non-hydrogen) atoms. The van der Waals surface area contributed by atoms with Crippen LogP contribution in [-0.2, 0) is 4.57 Å². The van der Waals surface area contributed by atoms with Crippen LogP contribution in [0, 0.1) is 5.63 Å². The maximum absolute atomic E-state index is 10.1. The van der Waals surface area contributed by atoms with Crippen molar-refractivity contribution < 1.29 is 4.57 Å². The first-order chi connectivity index (χ1) is 8.91. The molecule has 0 aliphatic rings. The van der Waals surface area contributed by atoms with Gasteiger partial charge in [0.25, 0.3) is 0 Å². The van der Waals surface area contributed by atoms with E-state index in [4.69, 9.17) is 0 Å². The summed E-state index contributed by atoms with van der Waals surface area (Å²) < 4.78 is 10.1. The standard InChI is InChI=1S/C16H31OP/c1-2-3-4-5-6-7-8-9-10-11-12-13-14-15-16-18-17/h2-15H2,1H3. The van der Waals surface area contributed by atoms with Crippen LogP contribution in [0.4, 0.5) is 0 Å². The van der Waals surface area contributed by atoms with Gasteiger partial charge in [-0.2, -0.15) is 0 Å². The monoisotopic (exact) mass is 270 g/mol. The fraction of sp³-hybridized carbons (Fsp3) is 0.938. The van der Waals surface area contributed by atoms with Gasteiger partial charge in [-0.05, 0) is 0 Å². The van der Waals surface area contributed by atoms with Crippen molar-refractivity contribution in [3.05, 3.63) is 0 Å². The van der Waals surface area contributed by atoms with Crippen LogP contribution in [0.25, 0.3) is 0 Å². The second-order valence-corrected chi connectivity index (χ2v) is 5.74. The third kappa shape index (κ3) is 16.0. The summed E-state index contributed by atoms with van der Waals surface area (Å²) in [7, 11) is 0.0775. The zero-order chi connectivity index (χ0) is 13.3. The minimum absolute atomic E-state index is 0.0775. The number of unbranched alkanes of at least 4 members (excludes halogenated alkanes) is 13. The number of hydrogen-bond acceptors (Lipinski definition) is 1. The van der Waals surface area contributed by atoms with Crippen LogP contribution < -0.4 is 0 Å². The minimum atomic E-state index is 0.0775. The van der Waals surface area contributed by atoms with E-state index in [2.05, 4.69) is 12.6 Å². The molecule has 0 spiro atoms. The van der Waals surface area contributed by atoms with E-state index in [-0.39, 0.29) is 7.92 Å². The fourth-order valence-corrected chi connectivity index (χ4v) is 2.52. The zero-order valence-electron chi connectivity index (χ0n) is 12.3. The molecular weight excluding hydrogens is 239 g/mol. The van der Waals surface area contributed by atoms with Crippen molar-refractivity contribution in [2.45, 2.75) is 96.8 Å². The van der Waals surface area contributed by atoms with Gasteiger partial charge in [0.05, 0.1) is 0 Å². The van der Waals surface area contributed by atoms with Gasteiger partial charge < -0.3 is 0 Å². The summed E-state index contributed by atoms with van der Waals surface area (Å²) in [6.45, 7) is 2.27. The molecule has 0 rings (SSSR count). The Balaban J connectivity index is 2.93. The van der Waals surface area contributed by atoms with E-state index in [1.807, 2.05) is 0 Å². The topological polar surface area (TPSA) is 17.1 Å². The van der Waals surface area contributed by atoms with Crippen molar-refractivity contribution in [2.24, 2.45) is 0 Å². The molecule has 0 bridgehead atoms. The van der Waals surface area contributed by atoms with Crippen molar-refractivity contribution in [3.63, 3.8) is 0 Å². The van der Waals surface area contributed by atoms with E-state index < -0.39 is 0 Å². The molecule has 0 fully saturated rings. The Kier molecular flexibility index (Phi) is 17.0. The summed E-state index contributed by atoms with van der Waals surface area (Å²) >= 11 is 0. The van der Waals surface area contributed by atoms with E-state index in [1.54, 1.807) is 0 Å². The van der Waals surface area contributed by atoms with E-state index in [1.165, 1.54) is 77.0 Å². The van der Waals surface area contributed by atoms with Crippen LogP contribution in [0.5, 0.6) is 0 Å². The second kappa shape index (κ2) is 17.0. The molecule has 106 valence electrons. The summed E-state index contributed by atoms with van der Waals surface area (Å²) in [4.78, 5) is 0. The Hall–Kier alpha value is 0.01000. The third-order valence-electron chi connectivity index (χ3n) is 3.46. The van der Waals surface area contributed by atoms with Crippen LogP contribution in [0.3, 0.4) is 0 Å². The molecule has 0 radical (unpaired) electrons. The van der Waals surface area contributed by atoms with Gasteiger partial charge in [0.2, 0.25) is 0 Å². The van der Waals surface area contributed by atoms with Gasteiger partial charge in [-0.25, -0.2) is 0 Å². The Morgan fingerprint density at radius 3 is 1.44 bits per heavy atom. The molecule has 0 heterocycles. The first-order valence-corrected chi connectivity index (χ1v) is 8.78. The third-order valence-corrected chi connectivity index (χ3v) is 3.81. The van der Waals surface area contributed by atoms with Gasteiger partial charge in [-0.1, -0.05) is 26.2 Å². The van der Waals surface area contributed by atoms with Gasteiger partial charge in [0, 0.05) is 0 Å². The molecule has 0 aliphatic heterocycles. The summed E-state index contributed by atoms with van der Waals surface area (Å²) in [5.74, 6) is 0. The molecule has 0 unspecified atom stereocenters. The molecule has 2 heteroatoms. The van der Waals surface area contributed by atoms with Crippen LogP contribution in [0.1, 0.15) is 96.8 Å². The first-order valence-electron chi connectivity index (χ1n) is 7.97. The van der Waals surface area contributed by atoms with Crippen LogP contribution in [0.15, 0.2) is 0 Å². The van der Waals surface area contributed by atoms with Crippen molar-refractivity contribution in [3.8, 4) is 5.63 Å². The second-order valence-electron chi connectivity index (χ2n) is 5.24. The SMILES string of the molecule is CCCCCCCCCCCCCCCC#P=O. The molecule has 0 saturated heterocycles. The maximum atomic E-state index is 10.1. The summed E-state index contributed by atoms with van der Waals surface area (Å²) in [5, 5.41) is 0. The van der Waals surface area contributed by atoms with Crippen molar-refractivity contribution in [1.29, 1.82) is 0 Å². The van der Waals surface area contributed by atoms with Gasteiger partial charge in [0.15, 0.2) is 0 Å². The van der Waals surface area contributed by atoms with Gasteiger partial charge in [-0.15, -0.1) is 0 Å². The molecule has 0 aromatic rings. The van der Waals surface area contributed by atoms with Gasteiger partial charge in [-0.3, -0.25) is 0 Å². The summed E-state index contributed by atoms with van der Waals surface area (Å²) in [6.07, 6.45) is 18.8. The van der Waals surface area contributed by atoms with Crippen LogP contribution in [0.2, 0.25) is 0 Å². The predicted octanol–water partition coefficient (Wildman–Crippen LogP) is 6.72. The van der Waals surface area contributed by atoms with Crippen LogP contribution in [-0.4, -0.2) is 0 Å². The van der Waals surface area contributed by atoms with E-state index in [0.29, 0.717) is 0 Å². The average molecular weight is 270 g/mol. The Morgan fingerprint density at radius 2 is 1.06 bits per heavy atom. The molecule has 0 N–H and O–H groups in total. The van der Waals surface area contributed by atoms with E-state index in [9.17, 15) is 4.57 Å².